The van der Waals surface area contributed by atoms with Gasteiger partial charge in [0, 0.05) is 11.1 Å². The summed E-state index contributed by atoms with van der Waals surface area (Å²) < 4.78 is 43.7. The van der Waals surface area contributed by atoms with Crippen LogP contribution < -0.4 is 5.32 Å². The first kappa shape index (κ1) is 18.7. The van der Waals surface area contributed by atoms with Gasteiger partial charge in [-0.15, -0.1) is 0 Å². The molecule has 2 aromatic heterocycles. The second-order valence-corrected chi connectivity index (χ2v) is 6.34. The number of halogens is 3. The molecule has 0 fully saturated rings. The van der Waals surface area contributed by atoms with Crippen LogP contribution in [-0.4, -0.2) is 26.1 Å². The molecule has 0 aliphatic rings. The highest BCUT2D eigenvalue weighted by molar-refractivity contribution is 5.97. The minimum absolute atomic E-state index is 0.168. The lowest BCUT2D eigenvalue weighted by molar-refractivity contribution is -0.137. The molecule has 10 heteroatoms. The number of nitrogens with one attached hydrogen (secondary N) is 2. The Kier molecular flexibility index (Phi) is 4.53. The van der Waals surface area contributed by atoms with Crippen molar-refractivity contribution < 1.29 is 22.4 Å². The summed E-state index contributed by atoms with van der Waals surface area (Å²) in [7, 11) is 0. The second kappa shape index (κ2) is 7.04. The van der Waals surface area contributed by atoms with E-state index in [2.05, 4.69) is 25.5 Å². The average molecular weight is 401 g/mol. The number of amides is 1. The molecule has 1 atom stereocenters. The summed E-state index contributed by atoms with van der Waals surface area (Å²) in [5, 5.41) is 9.21. The predicted octanol–water partition coefficient (Wildman–Crippen LogP) is 4.12. The number of alkyl halides is 3. The first-order valence-corrected chi connectivity index (χ1v) is 8.55. The normalized spacial score (nSPS) is 12.8. The fourth-order valence-corrected chi connectivity index (χ4v) is 2.77. The van der Waals surface area contributed by atoms with Crippen molar-refractivity contribution in [1.29, 1.82) is 0 Å². The van der Waals surface area contributed by atoms with Crippen LogP contribution >= 0.6 is 0 Å². The van der Waals surface area contributed by atoms with Crippen LogP contribution in [0, 0.1) is 0 Å². The molecule has 148 valence electrons. The van der Waals surface area contributed by atoms with Crippen molar-refractivity contribution in [2.45, 2.75) is 19.1 Å². The Labute approximate surface area is 162 Å². The zero-order valence-electron chi connectivity index (χ0n) is 15.0. The molecule has 29 heavy (non-hydrogen) atoms. The lowest BCUT2D eigenvalue weighted by atomic mass is 10.1. The summed E-state index contributed by atoms with van der Waals surface area (Å²) in [5.74, 6) is 0.349. The number of aromatic amines is 1. The van der Waals surface area contributed by atoms with Crippen molar-refractivity contribution in [3.63, 3.8) is 0 Å². The number of oxazole rings is 1. The van der Waals surface area contributed by atoms with Gasteiger partial charge >= 0.3 is 6.18 Å². The molecule has 1 amide bonds. The Morgan fingerprint density at radius 2 is 1.93 bits per heavy atom. The summed E-state index contributed by atoms with van der Waals surface area (Å²) in [6, 6.07) is 8.86. The van der Waals surface area contributed by atoms with Crippen LogP contribution in [-0.2, 0) is 6.18 Å². The molecule has 0 saturated carbocycles. The van der Waals surface area contributed by atoms with E-state index < -0.39 is 11.7 Å². The van der Waals surface area contributed by atoms with Crippen molar-refractivity contribution in [1.82, 2.24) is 25.5 Å². The predicted molar refractivity (Wildman–Crippen MR) is 96.7 cm³/mol. The fraction of sp³-hybridized carbons (Fsp3) is 0.158. The van der Waals surface area contributed by atoms with Crippen molar-refractivity contribution in [2.24, 2.45) is 0 Å². The second-order valence-electron chi connectivity index (χ2n) is 6.34. The van der Waals surface area contributed by atoms with Gasteiger partial charge in [0.05, 0.1) is 11.6 Å². The number of rotatable bonds is 4. The number of benzene rings is 2. The van der Waals surface area contributed by atoms with E-state index in [-0.39, 0.29) is 17.8 Å². The summed E-state index contributed by atoms with van der Waals surface area (Å²) in [6.07, 6.45) is -3.06. The summed E-state index contributed by atoms with van der Waals surface area (Å²) in [5.41, 5.74) is 0.840. The Morgan fingerprint density at radius 1 is 1.17 bits per heavy atom. The van der Waals surface area contributed by atoms with Crippen molar-refractivity contribution >= 4 is 17.0 Å². The smallest absolute Gasteiger partial charge is 0.416 e. The van der Waals surface area contributed by atoms with E-state index in [4.69, 9.17) is 4.42 Å². The number of carbonyl (C=O) groups excluding carboxylic acids is 1. The highest BCUT2D eigenvalue weighted by atomic mass is 19.4. The topological polar surface area (TPSA) is 96.7 Å². The molecular weight excluding hydrogens is 387 g/mol. The Bertz CT molecular complexity index is 1150. The summed E-state index contributed by atoms with van der Waals surface area (Å²) in [6.45, 7) is 1.76. The maximum atomic E-state index is 12.7. The van der Waals surface area contributed by atoms with E-state index >= 15 is 0 Å². The van der Waals surface area contributed by atoms with Gasteiger partial charge in [-0.25, -0.2) is 9.97 Å². The third kappa shape index (κ3) is 3.82. The van der Waals surface area contributed by atoms with Gasteiger partial charge < -0.3 is 9.73 Å². The third-order valence-electron chi connectivity index (χ3n) is 4.30. The Balaban J connectivity index is 1.57. The van der Waals surface area contributed by atoms with Crippen molar-refractivity contribution in [2.75, 3.05) is 0 Å². The van der Waals surface area contributed by atoms with Gasteiger partial charge in [-0.1, -0.05) is 0 Å². The largest absolute Gasteiger partial charge is 0.436 e. The van der Waals surface area contributed by atoms with Crippen LogP contribution in [0.1, 0.15) is 34.7 Å². The quantitative estimate of drug-likeness (QED) is 0.536. The highest BCUT2D eigenvalue weighted by Gasteiger charge is 2.30. The molecule has 4 aromatic rings. The lowest BCUT2D eigenvalue weighted by Crippen LogP contribution is -2.27. The van der Waals surface area contributed by atoms with Crippen LogP contribution in [0.2, 0.25) is 0 Å². The molecule has 4 rings (SSSR count). The molecule has 7 nitrogen and oxygen atoms in total. The molecule has 0 bridgehead atoms. The van der Waals surface area contributed by atoms with Gasteiger partial charge in [0.2, 0.25) is 5.89 Å². The van der Waals surface area contributed by atoms with E-state index in [1.165, 1.54) is 18.5 Å². The maximum absolute atomic E-state index is 12.7. The standard InChI is InChI=1S/C19H14F3N5O2/c1-10(16-23-9-24-27-16)25-17(28)12-4-7-15-14(8-12)26-18(29-15)11-2-5-13(6-3-11)19(20,21)22/h2-10H,1H3,(H,25,28)(H,23,24,27)/t10-/m1/s1. The number of aromatic nitrogens is 4. The minimum Gasteiger partial charge on any atom is -0.436 e. The van der Waals surface area contributed by atoms with Crippen LogP contribution in [0.25, 0.3) is 22.6 Å². The molecule has 0 saturated heterocycles. The molecule has 2 N–H and O–H groups in total. The van der Waals surface area contributed by atoms with Gasteiger partial charge in [-0.05, 0) is 49.4 Å². The Hall–Kier alpha value is -3.69. The molecule has 0 spiro atoms. The van der Waals surface area contributed by atoms with E-state index in [9.17, 15) is 18.0 Å². The third-order valence-corrected chi connectivity index (χ3v) is 4.30. The average Bonchev–Trinajstić information content (AvgIpc) is 3.36. The van der Waals surface area contributed by atoms with E-state index in [1.54, 1.807) is 25.1 Å². The van der Waals surface area contributed by atoms with Crippen molar-refractivity contribution in [3.8, 4) is 11.5 Å². The number of fused-ring (bicyclic) bond motifs is 1. The number of carbonyl (C=O) groups is 1. The van der Waals surface area contributed by atoms with E-state index in [0.29, 0.717) is 28.1 Å². The molecular formula is C19H14F3N5O2. The van der Waals surface area contributed by atoms with E-state index in [1.807, 2.05) is 0 Å². The monoisotopic (exact) mass is 401 g/mol. The van der Waals surface area contributed by atoms with E-state index in [0.717, 1.165) is 12.1 Å². The first-order chi connectivity index (χ1) is 13.8. The van der Waals surface area contributed by atoms with Gasteiger partial charge in [0.25, 0.3) is 5.91 Å². The molecule has 0 unspecified atom stereocenters. The maximum Gasteiger partial charge on any atom is 0.416 e. The zero-order chi connectivity index (χ0) is 20.6. The van der Waals surface area contributed by atoms with Gasteiger partial charge in [0.15, 0.2) is 5.58 Å². The van der Waals surface area contributed by atoms with Crippen LogP contribution in [0.3, 0.4) is 0 Å². The van der Waals surface area contributed by atoms with Crippen LogP contribution in [0.15, 0.2) is 53.2 Å². The molecule has 0 aliphatic heterocycles. The van der Waals surface area contributed by atoms with Gasteiger partial charge in [-0.2, -0.15) is 18.3 Å². The molecule has 0 aliphatic carbocycles. The number of hydrogen-bond donors (Lipinski definition) is 2. The lowest BCUT2D eigenvalue weighted by Gasteiger charge is -2.10. The molecule has 2 aromatic carbocycles. The van der Waals surface area contributed by atoms with Crippen LogP contribution in [0.4, 0.5) is 13.2 Å². The summed E-state index contributed by atoms with van der Waals surface area (Å²) >= 11 is 0. The number of H-pyrrole nitrogens is 1. The zero-order valence-corrected chi connectivity index (χ0v) is 15.0. The minimum atomic E-state index is -4.41. The van der Waals surface area contributed by atoms with Gasteiger partial charge in [-0.3, -0.25) is 9.89 Å². The number of nitrogens with zero attached hydrogens (tertiary/aromatic N) is 3. The number of hydrogen-bond acceptors (Lipinski definition) is 5. The van der Waals surface area contributed by atoms with Gasteiger partial charge in [0.1, 0.15) is 17.7 Å². The fourth-order valence-electron chi connectivity index (χ4n) is 2.77. The highest BCUT2D eigenvalue weighted by Crippen LogP contribution is 2.31. The van der Waals surface area contributed by atoms with Crippen molar-refractivity contribution in [3.05, 3.63) is 65.7 Å². The summed E-state index contributed by atoms with van der Waals surface area (Å²) in [4.78, 5) is 20.7. The Morgan fingerprint density at radius 3 is 2.59 bits per heavy atom. The first-order valence-electron chi connectivity index (χ1n) is 8.55. The van der Waals surface area contributed by atoms with Crippen LogP contribution in [0.5, 0.6) is 0 Å². The molecule has 2 heterocycles. The SMILES string of the molecule is C[C@@H](NC(=O)c1ccc2oc(-c3ccc(C(F)(F)F)cc3)nc2c1)c1ncn[nH]1. The molecule has 0 radical (unpaired) electrons.